The SMILES string of the molecule is Clc1ccc(Cl)c(CN2[CH]CCC2)c1. The third kappa shape index (κ3) is 2.41. The Morgan fingerprint density at radius 2 is 2.14 bits per heavy atom. The Kier molecular flexibility index (Phi) is 3.32. The summed E-state index contributed by atoms with van der Waals surface area (Å²) >= 11 is 12.0. The fourth-order valence-electron chi connectivity index (χ4n) is 1.69. The molecule has 1 aliphatic heterocycles. The predicted molar refractivity (Wildman–Crippen MR) is 60.4 cm³/mol. The summed E-state index contributed by atoms with van der Waals surface area (Å²) in [5.41, 5.74) is 1.11. The minimum absolute atomic E-state index is 0.753. The Labute approximate surface area is 94.6 Å². The maximum absolute atomic E-state index is 6.08. The molecule has 0 aliphatic carbocycles. The van der Waals surface area contributed by atoms with Gasteiger partial charge in [-0.05, 0) is 43.1 Å². The average molecular weight is 229 g/mol. The molecule has 1 nitrogen and oxygen atoms in total. The highest BCUT2D eigenvalue weighted by molar-refractivity contribution is 6.33. The first kappa shape index (κ1) is 10.3. The van der Waals surface area contributed by atoms with Gasteiger partial charge in [0.25, 0.3) is 0 Å². The lowest BCUT2D eigenvalue weighted by Crippen LogP contribution is -2.15. The van der Waals surface area contributed by atoms with Crippen molar-refractivity contribution in [2.45, 2.75) is 19.4 Å². The molecule has 1 aromatic carbocycles. The third-order valence-electron chi connectivity index (χ3n) is 2.42. The molecule has 1 heterocycles. The lowest BCUT2D eigenvalue weighted by atomic mass is 10.2. The van der Waals surface area contributed by atoms with E-state index in [0.29, 0.717) is 0 Å². The van der Waals surface area contributed by atoms with E-state index in [1.807, 2.05) is 18.2 Å². The van der Waals surface area contributed by atoms with Crippen molar-refractivity contribution in [1.29, 1.82) is 0 Å². The Morgan fingerprint density at radius 3 is 2.86 bits per heavy atom. The van der Waals surface area contributed by atoms with Crippen molar-refractivity contribution in [2.75, 3.05) is 6.54 Å². The molecular formula is C11H12Cl2N. The molecular weight excluding hydrogens is 217 g/mol. The van der Waals surface area contributed by atoms with Crippen molar-refractivity contribution in [2.24, 2.45) is 0 Å². The van der Waals surface area contributed by atoms with E-state index in [0.717, 1.165) is 28.7 Å². The van der Waals surface area contributed by atoms with Gasteiger partial charge in [0, 0.05) is 23.1 Å². The molecule has 1 saturated heterocycles. The Hall–Kier alpha value is -0.240. The van der Waals surface area contributed by atoms with E-state index in [1.165, 1.54) is 12.8 Å². The zero-order valence-corrected chi connectivity index (χ0v) is 9.35. The quantitative estimate of drug-likeness (QED) is 0.746. The topological polar surface area (TPSA) is 3.24 Å². The van der Waals surface area contributed by atoms with Crippen LogP contribution in [0.25, 0.3) is 0 Å². The highest BCUT2D eigenvalue weighted by Gasteiger charge is 2.13. The van der Waals surface area contributed by atoms with Gasteiger partial charge in [-0.2, -0.15) is 0 Å². The first-order valence-corrected chi connectivity index (χ1v) is 5.52. The molecule has 0 bridgehead atoms. The number of halogens is 2. The van der Waals surface area contributed by atoms with Gasteiger partial charge >= 0.3 is 0 Å². The van der Waals surface area contributed by atoms with Gasteiger partial charge in [0.05, 0.1) is 0 Å². The summed E-state index contributed by atoms with van der Waals surface area (Å²) in [5, 5.41) is 1.55. The van der Waals surface area contributed by atoms with E-state index in [4.69, 9.17) is 23.2 Å². The van der Waals surface area contributed by atoms with Crippen LogP contribution in [0.3, 0.4) is 0 Å². The van der Waals surface area contributed by atoms with E-state index < -0.39 is 0 Å². The van der Waals surface area contributed by atoms with Crippen molar-refractivity contribution in [3.63, 3.8) is 0 Å². The monoisotopic (exact) mass is 228 g/mol. The first-order chi connectivity index (χ1) is 6.75. The molecule has 0 spiro atoms. The Bertz CT molecular complexity index is 319. The van der Waals surface area contributed by atoms with Gasteiger partial charge in [-0.3, -0.25) is 4.90 Å². The fraction of sp³-hybridized carbons (Fsp3) is 0.364. The minimum atomic E-state index is 0.753. The Balaban J connectivity index is 2.10. The molecule has 0 N–H and O–H groups in total. The van der Waals surface area contributed by atoms with Crippen LogP contribution in [0.15, 0.2) is 18.2 Å². The van der Waals surface area contributed by atoms with Crippen LogP contribution >= 0.6 is 23.2 Å². The maximum atomic E-state index is 6.08. The number of likely N-dealkylation sites (tertiary alicyclic amines) is 1. The number of rotatable bonds is 2. The van der Waals surface area contributed by atoms with E-state index >= 15 is 0 Å². The van der Waals surface area contributed by atoms with Gasteiger partial charge in [-0.1, -0.05) is 23.2 Å². The molecule has 1 aliphatic rings. The normalized spacial score (nSPS) is 17.6. The lowest BCUT2D eigenvalue weighted by molar-refractivity contribution is 0.379. The summed E-state index contributed by atoms with van der Waals surface area (Å²) in [6.07, 6.45) is 2.43. The van der Waals surface area contributed by atoms with Gasteiger partial charge in [-0.15, -0.1) is 0 Å². The first-order valence-electron chi connectivity index (χ1n) is 4.77. The minimum Gasteiger partial charge on any atom is -0.295 e. The molecule has 0 aromatic heterocycles. The smallest absolute Gasteiger partial charge is 0.0452 e. The second-order valence-corrected chi connectivity index (χ2v) is 4.37. The van der Waals surface area contributed by atoms with Gasteiger partial charge in [-0.25, -0.2) is 0 Å². The summed E-state index contributed by atoms with van der Waals surface area (Å²) < 4.78 is 0. The number of hydrogen-bond acceptors (Lipinski definition) is 1. The number of hydrogen-bond donors (Lipinski definition) is 0. The van der Waals surface area contributed by atoms with E-state index in [2.05, 4.69) is 11.4 Å². The number of nitrogens with zero attached hydrogens (tertiary/aromatic N) is 1. The molecule has 75 valence electrons. The van der Waals surface area contributed by atoms with Crippen LogP contribution in [0.1, 0.15) is 18.4 Å². The maximum Gasteiger partial charge on any atom is 0.0452 e. The molecule has 14 heavy (non-hydrogen) atoms. The summed E-state index contributed by atoms with van der Waals surface area (Å²) in [7, 11) is 0. The molecule has 1 fully saturated rings. The third-order valence-corrected chi connectivity index (χ3v) is 3.02. The van der Waals surface area contributed by atoms with Gasteiger partial charge < -0.3 is 0 Å². The predicted octanol–water partition coefficient (Wildman–Crippen LogP) is 3.75. The molecule has 0 amide bonds. The molecule has 0 saturated carbocycles. The highest BCUT2D eigenvalue weighted by atomic mass is 35.5. The molecule has 0 atom stereocenters. The van der Waals surface area contributed by atoms with Crippen LogP contribution in [-0.2, 0) is 6.54 Å². The van der Waals surface area contributed by atoms with E-state index in [9.17, 15) is 0 Å². The molecule has 3 heteroatoms. The lowest BCUT2D eigenvalue weighted by Gasteiger charge is -2.15. The van der Waals surface area contributed by atoms with Crippen molar-refractivity contribution < 1.29 is 0 Å². The van der Waals surface area contributed by atoms with Gasteiger partial charge in [0.15, 0.2) is 0 Å². The second-order valence-electron chi connectivity index (χ2n) is 3.53. The summed E-state index contributed by atoms with van der Waals surface area (Å²) in [6.45, 7) is 4.24. The van der Waals surface area contributed by atoms with Crippen molar-refractivity contribution >= 4 is 23.2 Å². The molecule has 0 unspecified atom stereocenters. The van der Waals surface area contributed by atoms with Crippen molar-refractivity contribution in [3.8, 4) is 0 Å². The van der Waals surface area contributed by atoms with Crippen LogP contribution in [0, 0.1) is 6.54 Å². The largest absolute Gasteiger partial charge is 0.295 e. The van der Waals surface area contributed by atoms with Crippen LogP contribution in [0.5, 0.6) is 0 Å². The standard InChI is InChI=1S/C11H12Cl2N/c12-10-3-4-11(13)9(7-10)8-14-5-1-2-6-14/h3-5,7H,1-2,6,8H2. The zero-order chi connectivity index (χ0) is 9.97. The van der Waals surface area contributed by atoms with Crippen LogP contribution in [0.2, 0.25) is 10.0 Å². The van der Waals surface area contributed by atoms with Crippen LogP contribution < -0.4 is 0 Å². The van der Waals surface area contributed by atoms with Crippen molar-refractivity contribution in [1.82, 2.24) is 4.90 Å². The number of benzene rings is 1. The Morgan fingerprint density at radius 1 is 1.29 bits per heavy atom. The fourth-order valence-corrected chi connectivity index (χ4v) is 2.06. The van der Waals surface area contributed by atoms with E-state index in [-0.39, 0.29) is 0 Å². The molecule has 1 radical (unpaired) electrons. The second kappa shape index (κ2) is 4.52. The molecule has 2 rings (SSSR count). The summed E-state index contributed by atoms with van der Waals surface area (Å²) in [5.74, 6) is 0. The highest BCUT2D eigenvalue weighted by Crippen LogP contribution is 2.24. The van der Waals surface area contributed by atoms with Gasteiger partial charge in [0.1, 0.15) is 0 Å². The average Bonchev–Trinajstić information content (AvgIpc) is 2.64. The van der Waals surface area contributed by atoms with Crippen molar-refractivity contribution in [3.05, 3.63) is 40.4 Å². The van der Waals surface area contributed by atoms with Gasteiger partial charge in [0.2, 0.25) is 0 Å². The summed E-state index contributed by atoms with van der Waals surface area (Å²) in [6, 6.07) is 5.62. The van der Waals surface area contributed by atoms with Crippen LogP contribution in [0.4, 0.5) is 0 Å². The zero-order valence-electron chi connectivity index (χ0n) is 7.84. The van der Waals surface area contributed by atoms with Crippen LogP contribution in [-0.4, -0.2) is 11.4 Å². The molecule has 1 aromatic rings. The summed E-state index contributed by atoms with van der Waals surface area (Å²) in [4.78, 5) is 2.29. The van der Waals surface area contributed by atoms with E-state index in [1.54, 1.807) is 0 Å².